The summed E-state index contributed by atoms with van der Waals surface area (Å²) in [5.41, 5.74) is 3.68. The average molecular weight is 287 g/mol. The van der Waals surface area contributed by atoms with Gasteiger partial charge in [-0.05, 0) is 30.3 Å². The Morgan fingerprint density at radius 1 is 0.909 bits per heavy atom. The lowest BCUT2D eigenvalue weighted by atomic mass is 10.3. The summed E-state index contributed by atoms with van der Waals surface area (Å²) in [4.78, 5) is 4.41. The van der Waals surface area contributed by atoms with Gasteiger partial charge in [-0.15, -0.1) is 0 Å². The van der Waals surface area contributed by atoms with Crippen LogP contribution in [-0.2, 0) is 0 Å². The van der Waals surface area contributed by atoms with Crippen molar-refractivity contribution in [2.45, 2.75) is 0 Å². The minimum absolute atomic E-state index is 0.591. The zero-order chi connectivity index (χ0) is 14.8. The monoisotopic (exact) mass is 287 g/mol. The van der Waals surface area contributed by atoms with Crippen molar-refractivity contribution in [1.82, 2.24) is 14.8 Å². The van der Waals surface area contributed by atoms with Gasteiger partial charge in [0.25, 0.3) is 0 Å². The van der Waals surface area contributed by atoms with E-state index in [9.17, 15) is 0 Å². The molecule has 0 saturated carbocycles. The molecule has 4 aromatic rings. The van der Waals surface area contributed by atoms with E-state index in [1.165, 1.54) is 0 Å². The first kappa shape index (κ1) is 12.6. The summed E-state index contributed by atoms with van der Waals surface area (Å²) >= 11 is 0. The molecule has 0 spiro atoms. The number of para-hydroxylation sites is 3. The van der Waals surface area contributed by atoms with Crippen molar-refractivity contribution in [3.8, 4) is 5.69 Å². The Morgan fingerprint density at radius 2 is 1.73 bits per heavy atom. The summed E-state index contributed by atoms with van der Waals surface area (Å²) < 4.78 is 7.50. The van der Waals surface area contributed by atoms with Crippen LogP contribution in [0.2, 0.25) is 0 Å². The molecule has 0 saturated heterocycles. The summed E-state index contributed by atoms with van der Waals surface area (Å²) in [5.74, 6) is 0.591. The summed E-state index contributed by atoms with van der Waals surface area (Å²) in [5, 5.41) is 4.36. The normalized spacial score (nSPS) is 11.5. The maximum Gasteiger partial charge on any atom is 0.220 e. The van der Waals surface area contributed by atoms with Gasteiger partial charge >= 0.3 is 0 Å². The summed E-state index contributed by atoms with van der Waals surface area (Å²) in [6.45, 7) is 0. The standard InChI is InChI=1S/C18H13N3O/c1-2-6-15(7-3-1)21-13-14(12-19-21)10-11-18-20-16-8-4-5-9-17(16)22-18/h1-13H. The lowest BCUT2D eigenvalue weighted by Gasteiger charge is -1.98. The SMILES string of the molecule is C(=Cc1nc2ccccc2o1)c1cnn(-c2ccccc2)c1. The third-order valence-corrected chi connectivity index (χ3v) is 3.35. The molecule has 2 heterocycles. The Bertz CT molecular complexity index is 902. The second-order valence-electron chi connectivity index (χ2n) is 4.91. The molecule has 4 heteroatoms. The molecular formula is C18H13N3O. The van der Waals surface area contributed by atoms with E-state index in [1.54, 1.807) is 0 Å². The van der Waals surface area contributed by atoms with Crippen molar-refractivity contribution in [2.24, 2.45) is 0 Å². The van der Waals surface area contributed by atoms with E-state index in [2.05, 4.69) is 10.1 Å². The molecule has 0 aliphatic heterocycles. The molecule has 0 amide bonds. The van der Waals surface area contributed by atoms with Gasteiger partial charge in [-0.3, -0.25) is 0 Å². The van der Waals surface area contributed by atoms with Crippen LogP contribution < -0.4 is 0 Å². The first-order valence-electron chi connectivity index (χ1n) is 7.02. The van der Waals surface area contributed by atoms with Crippen molar-refractivity contribution < 1.29 is 4.42 Å². The molecule has 2 aromatic heterocycles. The fraction of sp³-hybridized carbons (Fsp3) is 0. The largest absolute Gasteiger partial charge is 0.437 e. The molecule has 4 nitrogen and oxygen atoms in total. The first-order chi connectivity index (χ1) is 10.9. The van der Waals surface area contributed by atoms with Crippen molar-refractivity contribution in [1.29, 1.82) is 0 Å². The molecule has 106 valence electrons. The van der Waals surface area contributed by atoms with E-state index < -0.39 is 0 Å². The Morgan fingerprint density at radius 3 is 2.59 bits per heavy atom. The Balaban J connectivity index is 1.59. The molecule has 22 heavy (non-hydrogen) atoms. The van der Waals surface area contributed by atoms with Gasteiger partial charge in [-0.25, -0.2) is 9.67 Å². The molecule has 0 N–H and O–H groups in total. The predicted molar refractivity (Wildman–Crippen MR) is 86.5 cm³/mol. The molecular weight excluding hydrogens is 274 g/mol. The Labute approximate surface area is 127 Å². The number of oxazole rings is 1. The Hall–Kier alpha value is -3.14. The number of aromatic nitrogens is 3. The molecule has 0 fully saturated rings. The Kier molecular flexibility index (Phi) is 3.05. The van der Waals surface area contributed by atoms with Gasteiger partial charge < -0.3 is 4.42 Å². The summed E-state index contributed by atoms with van der Waals surface area (Å²) in [6, 6.07) is 17.7. The lowest BCUT2D eigenvalue weighted by molar-refractivity contribution is 0.590. The van der Waals surface area contributed by atoms with Crippen LogP contribution in [0.4, 0.5) is 0 Å². The average Bonchev–Trinajstić information content (AvgIpc) is 3.20. The van der Waals surface area contributed by atoms with Crippen molar-refractivity contribution in [2.75, 3.05) is 0 Å². The van der Waals surface area contributed by atoms with Gasteiger partial charge in [0, 0.05) is 17.8 Å². The van der Waals surface area contributed by atoms with Gasteiger partial charge in [0.05, 0.1) is 11.9 Å². The molecule has 0 atom stereocenters. The minimum Gasteiger partial charge on any atom is -0.437 e. The minimum atomic E-state index is 0.591. The van der Waals surface area contributed by atoms with Gasteiger partial charge in [0.15, 0.2) is 5.58 Å². The zero-order valence-corrected chi connectivity index (χ0v) is 11.8. The van der Waals surface area contributed by atoms with Crippen LogP contribution in [0.5, 0.6) is 0 Å². The third kappa shape index (κ3) is 2.42. The van der Waals surface area contributed by atoms with Crippen molar-refractivity contribution in [3.05, 3.63) is 78.4 Å². The fourth-order valence-electron chi connectivity index (χ4n) is 2.27. The highest BCUT2D eigenvalue weighted by molar-refractivity contribution is 5.75. The number of nitrogens with zero attached hydrogens (tertiary/aromatic N) is 3. The highest BCUT2D eigenvalue weighted by Gasteiger charge is 2.02. The molecule has 0 unspecified atom stereocenters. The van der Waals surface area contributed by atoms with Crippen LogP contribution in [0.1, 0.15) is 11.5 Å². The lowest BCUT2D eigenvalue weighted by Crippen LogP contribution is -1.92. The van der Waals surface area contributed by atoms with Crippen LogP contribution in [0, 0.1) is 0 Å². The van der Waals surface area contributed by atoms with Crippen molar-refractivity contribution in [3.63, 3.8) is 0 Å². The van der Waals surface area contributed by atoms with Crippen LogP contribution in [0.15, 0.2) is 71.4 Å². The predicted octanol–water partition coefficient (Wildman–Crippen LogP) is 4.18. The quantitative estimate of drug-likeness (QED) is 0.567. The van der Waals surface area contributed by atoms with E-state index in [-0.39, 0.29) is 0 Å². The second-order valence-corrected chi connectivity index (χ2v) is 4.91. The topological polar surface area (TPSA) is 43.9 Å². The number of fused-ring (bicyclic) bond motifs is 1. The number of hydrogen-bond acceptors (Lipinski definition) is 3. The number of benzene rings is 2. The van der Waals surface area contributed by atoms with E-state index in [0.717, 1.165) is 22.4 Å². The highest BCUT2D eigenvalue weighted by atomic mass is 16.3. The van der Waals surface area contributed by atoms with E-state index >= 15 is 0 Å². The maximum absolute atomic E-state index is 5.66. The van der Waals surface area contributed by atoms with Gasteiger partial charge in [-0.1, -0.05) is 30.3 Å². The van der Waals surface area contributed by atoms with E-state index in [1.807, 2.05) is 83.8 Å². The van der Waals surface area contributed by atoms with Gasteiger partial charge in [0.2, 0.25) is 5.89 Å². The second kappa shape index (κ2) is 5.33. The van der Waals surface area contributed by atoms with Crippen LogP contribution in [-0.4, -0.2) is 14.8 Å². The molecule has 2 aromatic carbocycles. The number of hydrogen-bond donors (Lipinski definition) is 0. The maximum atomic E-state index is 5.66. The van der Waals surface area contributed by atoms with Crippen LogP contribution >= 0.6 is 0 Å². The van der Waals surface area contributed by atoms with Gasteiger partial charge in [-0.2, -0.15) is 5.10 Å². The van der Waals surface area contributed by atoms with Crippen LogP contribution in [0.25, 0.3) is 28.9 Å². The van der Waals surface area contributed by atoms with Crippen molar-refractivity contribution >= 4 is 23.3 Å². The van der Waals surface area contributed by atoms with Gasteiger partial charge in [0.1, 0.15) is 5.52 Å². The highest BCUT2D eigenvalue weighted by Crippen LogP contribution is 2.17. The number of rotatable bonds is 3. The fourth-order valence-corrected chi connectivity index (χ4v) is 2.27. The molecule has 0 aliphatic rings. The molecule has 0 aliphatic carbocycles. The molecule has 0 bridgehead atoms. The smallest absolute Gasteiger partial charge is 0.220 e. The third-order valence-electron chi connectivity index (χ3n) is 3.35. The summed E-state index contributed by atoms with van der Waals surface area (Å²) in [6.07, 6.45) is 7.57. The molecule has 0 radical (unpaired) electrons. The zero-order valence-electron chi connectivity index (χ0n) is 11.8. The summed E-state index contributed by atoms with van der Waals surface area (Å²) in [7, 11) is 0. The van der Waals surface area contributed by atoms with Crippen LogP contribution in [0.3, 0.4) is 0 Å². The first-order valence-corrected chi connectivity index (χ1v) is 7.02. The molecule has 4 rings (SSSR count). The van der Waals surface area contributed by atoms with E-state index in [4.69, 9.17) is 4.42 Å². The van der Waals surface area contributed by atoms with E-state index in [0.29, 0.717) is 5.89 Å².